The summed E-state index contributed by atoms with van der Waals surface area (Å²) in [4.78, 5) is 11.2. The fourth-order valence-electron chi connectivity index (χ4n) is 1.61. The van der Waals surface area contributed by atoms with Crippen molar-refractivity contribution in [3.63, 3.8) is 0 Å². The summed E-state index contributed by atoms with van der Waals surface area (Å²) < 4.78 is 60.1. The number of rotatable bonds is 5. The Kier molecular flexibility index (Phi) is 2.52. The zero-order valence-corrected chi connectivity index (χ0v) is 10.7. The number of hydrogen-bond acceptors (Lipinski definition) is 2. The van der Waals surface area contributed by atoms with Crippen molar-refractivity contribution in [2.45, 2.75) is 5.25 Å². The Labute approximate surface area is 123 Å². The van der Waals surface area contributed by atoms with Crippen LogP contribution in [-0.4, -0.2) is 15.9 Å². The summed E-state index contributed by atoms with van der Waals surface area (Å²) >= 11 is 0. The molecule has 1 amide bonds. The normalized spacial score (nSPS) is 18.1. The van der Waals surface area contributed by atoms with Gasteiger partial charge in [-0.25, -0.2) is 0 Å². The van der Waals surface area contributed by atoms with Crippen LogP contribution in [0.3, 0.4) is 0 Å². The third kappa shape index (κ3) is 3.51. The van der Waals surface area contributed by atoms with E-state index in [1.165, 1.54) is 12.1 Å². The monoisotopic (exact) mass is 279 g/mol. The van der Waals surface area contributed by atoms with Crippen molar-refractivity contribution in [2.24, 2.45) is 5.73 Å². The van der Waals surface area contributed by atoms with Gasteiger partial charge in [-0.15, -0.1) is 0 Å². The molecule has 0 aromatic heterocycles. The standard InChI is InChI=1S/C15H15NO2S/c16-14(17)11-19(18)15(12-7-3-1-4-8-12)13-9-5-2-6-10-13/h1-10,15H,11H2,(H2,16,17)/i1D,3D,4D,7D,8D,9D. The second-order valence-corrected chi connectivity index (χ2v) is 5.25. The second kappa shape index (κ2) is 6.29. The molecule has 0 radical (unpaired) electrons. The molecule has 0 aliphatic carbocycles. The van der Waals surface area contributed by atoms with Crippen molar-refractivity contribution in [1.82, 2.24) is 0 Å². The zero-order chi connectivity index (χ0) is 18.9. The van der Waals surface area contributed by atoms with Crippen molar-refractivity contribution in [3.05, 3.63) is 71.6 Å². The van der Waals surface area contributed by atoms with Crippen LogP contribution in [0.5, 0.6) is 0 Å². The summed E-state index contributed by atoms with van der Waals surface area (Å²) in [7, 11) is -2.01. The van der Waals surface area contributed by atoms with E-state index in [2.05, 4.69) is 0 Å². The lowest BCUT2D eigenvalue weighted by Gasteiger charge is -2.16. The molecule has 0 bridgehead atoms. The van der Waals surface area contributed by atoms with Gasteiger partial charge in [0.15, 0.2) is 0 Å². The molecular formula is C15H15NO2S. The van der Waals surface area contributed by atoms with E-state index >= 15 is 0 Å². The van der Waals surface area contributed by atoms with E-state index in [9.17, 15) is 9.00 Å². The molecule has 0 aliphatic rings. The van der Waals surface area contributed by atoms with E-state index in [-0.39, 0.29) is 17.2 Å². The second-order valence-electron chi connectivity index (χ2n) is 3.73. The summed E-state index contributed by atoms with van der Waals surface area (Å²) in [5.74, 6) is -1.40. The van der Waals surface area contributed by atoms with Gasteiger partial charge in [0.2, 0.25) is 5.91 Å². The van der Waals surface area contributed by atoms with Crippen LogP contribution in [0.4, 0.5) is 0 Å². The van der Waals surface area contributed by atoms with Gasteiger partial charge < -0.3 is 5.73 Å². The Balaban J connectivity index is 2.80. The molecule has 0 spiro atoms. The molecule has 2 aromatic rings. The van der Waals surface area contributed by atoms with Gasteiger partial charge in [0.25, 0.3) is 0 Å². The predicted octanol–water partition coefficient (Wildman–Crippen LogP) is 2.01. The molecule has 0 saturated heterocycles. The van der Waals surface area contributed by atoms with Crippen LogP contribution in [0.15, 0.2) is 60.5 Å². The van der Waals surface area contributed by atoms with E-state index in [0.717, 1.165) is 0 Å². The average Bonchev–Trinajstić information content (AvgIpc) is 2.55. The van der Waals surface area contributed by atoms with E-state index in [1.54, 1.807) is 12.1 Å². The van der Waals surface area contributed by atoms with Gasteiger partial charge in [0.05, 0.1) is 13.5 Å². The van der Waals surface area contributed by atoms with Gasteiger partial charge in [0, 0.05) is 10.8 Å². The Morgan fingerprint density at radius 3 is 2.53 bits per heavy atom. The van der Waals surface area contributed by atoms with Crippen LogP contribution in [0, 0.1) is 0 Å². The van der Waals surface area contributed by atoms with Crippen molar-refractivity contribution < 1.29 is 17.2 Å². The van der Waals surface area contributed by atoms with E-state index < -0.39 is 57.9 Å². The summed E-state index contributed by atoms with van der Waals surface area (Å²) in [5.41, 5.74) is 5.09. The molecule has 98 valence electrons. The lowest BCUT2D eigenvalue weighted by atomic mass is 10.0. The largest absolute Gasteiger partial charge is 0.369 e. The number of amides is 1. The third-order valence-corrected chi connectivity index (χ3v) is 3.93. The fourth-order valence-corrected chi connectivity index (χ4v) is 2.87. The quantitative estimate of drug-likeness (QED) is 0.910. The average molecular weight is 279 g/mol. The van der Waals surface area contributed by atoms with Crippen LogP contribution < -0.4 is 5.73 Å². The number of nitrogens with two attached hydrogens (primary N) is 1. The Hall–Kier alpha value is -1.94. The molecule has 0 heterocycles. The van der Waals surface area contributed by atoms with Crippen molar-refractivity contribution in [1.29, 1.82) is 0 Å². The SMILES string of the molecule is [2H]c1ccccc1C(c1c([2H])c([2H])c([2H])c([2H])c1[2H])S(=O)CC(N)=O. The molecule has 2 unspecified atom stereocenters. The first-order valence-electron chi connectivity index (χ1n) is 8.44. The smallest absolute Gasteiger partial charge is 0.230 e. The molecule has 2 atom stereocenters. The topological polar surface area (TPSA) is 60.2 Å². The first-order valence-corrected chi connectivity index (χ1v) is 6.82. The minimum absolute atomic E-state index is 0.0165. The van der Waals surface area contributed by atoms with Crippen molar-refractivity contribution in [2.75, 3.05) is 5.75 Å². The Morgan fingerprint density at radius 1 is 1.16 bits per heavy atom. The van der Waals surface area contributed by atoms with Crippen LogP contribution in [0.1, 0.15) is 24.6 Å². The minimum atomic E-state index is -2.01. The molecule has 2 N–H and O–H groups in total. The highest BCUT2D eigenvalue weighted by molar-refractivity contribution is 7.86. The van der Waals surface area contributed by atoms with Crippen LogP contribution in [0.25, 0.3) is 0 Å². The van der Waals surface area contributed by atoms with Crippen LogP contribution in [-0.2, 0) is 15.6 Å². The van der Waals surface area contributed by atoms with Crippen molar-refractivity contribution in [3.8, 4) is 0 Å². The van der Waals surface area contributed by atoms with Gasteiger partial charge in [-0.1, -0.05) is 60.5 Å². The third-order valence-electron chi connectivity index (χ3n) is 2.34. The van der Waals surface area contributed by atoms with Gasteiger partial charge in [-0.3, -0.25) is 9.00 Å². The highest BCUT2D eigenvalue weighted by Gasteiger charge is 2.22. The first kappa shape index (κ1) is 7.60. The summed E-state index contributed by atoms with van der Waals surface area (Å²) in [6, 6.07) is 3.31. The number of hydrogen-bond donors (Lipinski definition) is 1. The number of carbonyl (C=O) groups is 1. The number of benzene rings is 2. The van der Waals surface area contributed by atoms with Gasteiger partial charge >= 0.3 is 0 Å². The fraction of sp³-hybridized carbons (Fsp3) is 0.133. The molecule has 0 fully saturated rings. The van der Waals surface area contributed by atoms with Crippen molar-refractivity contribution >= 4 is 16.7 Å². The maximum Gasteiger partial charge on any atom is 0.230 e. The van der Waals surface area contributed by atoms with E-state index in [0.29, 0.717) is 0 Å². The van der Waals surface area contributed by atoms with Crippen LogP contribution in [0.2, 0.25) is 0 Å². The molecule has 2 rings (SSSR count). The van der Waals surface area contributed by atoms with Crippen LogP contribution >= 0.6 is 0 Å². The molecule has 0 aliphatic heterocycles. The van der Waals surface area contributed by atoms with Gasteiger partial charge in [-0.2, -0.15) is 0 Å². The number of primary amides is 1. The number of carbonyl (C=O) groups excluding carboxylic acids is 1. The lowest BCUT2D eigenvalue weighted by molar-refractivity contribution is -0.115. The summed E-state index contributed by atoms with van der Waals surface area (Å²) in [6.45, 7) is 0. The molecule has 2 aromatic carbocycles. The summed E-state index contributed by atoms with van der Waals surface area (Å²) in [6.07, 6.45) is 0. The highest BCUT2D eigenvalue weighted by atomic mass is 32.2. The van der Waals surface area contributed by atoms with E-state index in [4.69, 9.17) is 14.0 Å². The predicted molar refractivity (Wildman–Crippen MR) is 76.9 cm³/mol. The van der Waals surface area contributed by atoms with E-state index in [1.807, 2.05) is 0 Å². The lowest BCUT2D eigenvalue weighted by Crippen LogP contribution is -2.23. The molecule has 0 saturated carbocycles. The molecule has 19 heavy (non-hydrogen) atoms. The maximum atomic E-state index is 12.7. The molecule has 3 nitrogen and oxygen atoms in total. The maximum absolute atomic E-state index is 12.7. The molecule has 4 heteroatoms. The Bertz CT molecular complexity index is 844. The zero-order valence-electron chi connectivity index (χ0n) is 15.9. The van der Waals surface area contributed by atoms with Gasteiger partial charge in [-0.05, 0) is 11.1 Å². The first-order chi connectivity index (χ1) is 11.7. The summed E-state index contributed by atoms with van der Waals surface area (Å²) in [5, 5.41) is -1.24. The van der Waals surface area contributed by atoms with Gasteiger partial charge in [0.1, 0.15) is 5.75 Å². The highest BCUT2D eigenvalue weighted by Crippen LogP contribution is 2.27. The minimum Gasteiger partial charge on any atom is -0.369 e. The molecular weight excluding hydrogens is 258 g/mol. The Morgan fingerprint density at radius 2 is 1.89 bits per heavy atom.